The molecule has 0 bridgehead atoms. The maximum atomic E-state index is 5.46. The molecule has 0 atom stereocenters. The first kappa shape index (κ1) is 16.1. The monoisotopic (exact) mass is 351 g/mol. The summed E-state index contributed by atoms with van der Waals surface area (Å²) in [6.07, 6.45) is 5.72. The van der Waals surface area contributed by atoms with Gasteiger partial charge >= 0.3 is 0 Å². The van der Waals surface area contributed by atoms with Crippen molar-refractivity contribution in [1.82, 2.24) is 9.97 Å². The van der Waals surface area contributed by atoms with E-state index in [4.69, 9.17) is 9.72 Å². The highest BCUT2D eigenvalue weighted by Gasteiger charge is 2.15. The number of hydrogen-bond donors (Lipinski definition) is 0. The summed E-state index contributed by atoms with van der Waals surface area (Å²) in [4.78, 5) is 11.8. The SMILES string of the molecule is COc1ccccc1-c1csc(-c2ccnc(N3CCCCC3)c2)n1. The van der Waals surface area contributed by atoms with E-state index in [9.17, 15) is 0 Å². The van der Waals surface area contributed by atoms with Crippen molar-refractivity contribution in [3.8, 4) is 27.6 Å². The summed E-state index contributed by atoms with van der Waals surface area (Å²) in [5, 5.41) is 3.11. The van der Waals surface area contributed by atoms with Gasteiger partial charge in [-0.1, -0.05) is 12.1 Å². The topological polar surface area (TPSA) is 38.2 Å². The number of anilines is 1. The molecule has 0 radical (unpaired) electrons. The molecule has 0 aliphatic carbocycles. The lowest BCUT2D eigenvalue weighted by atomic mass is 10.1. The van der Waals surface area contributed by atoms with Gasteiger partial charge in [-0.2, -0.15) is 0 Å². The molecule has 1 aliphatic heterocycles. The quantitative estimate of drug-likeness (QED) is 0.672. The molecule has 2 aromatic heterocycles. The minimum absolute atomic E-state index is 0.850. The molecule has 3 aromatic rings. The average molecular weight is 351 g/mol. The molecule has 1 aliphatic rings. The van der Waals surface area contributed by atoms with Crippen molar-refractivity contribution in [3.63, 3.8) is 0 Å². The van der Waals surface area contributed by atoms with Crippen LogP contribution in [0.2, 0.25) is 0 Å². The van der Waals surface area contributed by atoms with Gasteiger partial charge in [0, 0.05) is 35.8 Å². The Morgan fingerprint density at radius 1 is 1.08 bits per heavy atom. The van der Waals surface area contributed by atoms with Gasteiger partial charge < -0.3 is 9.64 Å². The Kier molecular flexibility index (Phi) is 4.65. The summed E-state index contributed by atoms with van der Waals surface area (Å²) in [6, 6.07) is 12.2. The number of piperidine rings is 1. The van der Waals surface area contributed by atoms with Crippen molar-refractivity contribution in [2.75, 3.05) is 25.1 Å². The highest BCUT2D eigenvalue weighted by atomic mass is 32.1. The lowest BCUT2D eigenvalue weighted by Gasteiger charge is -2.27. The first-order valence-corrected chi connectivity index (χ1v) is 9.53. The third-order valence-corrected chi connectivity index (χ3v) is 5.45. The molecule has 0 spiro atoms. The van der Waals surface area contributed by atoms with Crippen LogP contribution in [0.3, 0.4) is 0 Å². The second-order valence-electron chi connectivity index (χ2n) is 6.19. The molecule has 5 heteroatoms. The third-order valence-electron chi connectivity index (χ3n) is 4.56. The van der Waals surface area contributed by atoms with Gasteiger partial charge in [-0.15, -0.1) is 11.3 Å². The Balaban J connectivity index is 1.64. The third kappa shape index (κ3) is 3.37. The van der Waals surface area contributed by atoms with Crippen LogP contribution < -0.4 is 9.64 Å². The van der Waals surface area contributed by atoms with E-state index in [1.807, 2.05) is 36.5 Å². The molecule has 128 valence electrons. The second-order valence-corrected chi connectivity index (χ2v) is 7.05. The fourth-order valence-electron chi connectivity index (χ4n) is 3.23. The van der Waals surface area contributed by atoms with Crippen LogP contribution >= 0.6 is 11.3 Å². The number of nitrogens with zero attached hydrogens (tertiary/aromatic N) is 3. The number of aromatic nitrogens is 2. The van der Waals surface area contributed by atoms with E-state index >= 15 is 0 Å². The van der Waals surface area contributed by atoms with Crippen molar-refractivity contribution in [2.45, 2.75) is 19.3 Å². The second kappa shape index (κ2) is 7.23. The predicted molar refractivity (Wildman–Crippen MR) is 103 cm³/mol. The number of hydrogen-bond acceptors (Lipinski definition) is 5. The van der Waals surface area contributed by atoms with Crippen LogP contribution in [-0.4, -0.2) is 30.2 Å². The molecule has 0 saturated carbocycles. The molecule has 4 nitrogen and oxygen atoms in total. The molecule has 0 N–H and O–H groups in total. The van der Waals surface area contributed by atoms with Crippen LogP contribution in [-0.2, 0) is 0 Å². The number of ether oxygens (including phenoxy) is 1. The molecule has 1 aromatic carbocycles. The zero-order valence-electron chi connectivity index (χ0n) is 14.3. The molecule has 1 saturated heterocycles. The van der Waals surface area contributed by atoms with Crippen molar-refractivity contribution in [1.29, 1.82) is 0 Å². The van der Waals surface area contributed by atoms with E-state index in [-0.39, 0.29) is 0 Å². The smallest absolute Gasteiger partial charge is 0.129 e. The summed E-state index contributed by atoms with van der Waals surface area (Å²) < 4.78 is 5.46. The summed E-state index contributed by atoms with van der Waals surface area (Å²) >= 11 is 1.66. The van der Waals surface area contributed by atoms with Gasteiger partial charge in [0.2, 0.25) is 0 Å². The first-order valence-electron chi connectivity index (χ1n) is 8.65. The molecular weight excluding hydrogens is 330 g/mol. The Morgan fingerprint density at radius 3 is 2.76 bits per heavy atom. The summed E-state index contributed by atoms with van der Waals surface area (Å²) in [6.45, 7) is 2.20. The maximum absolute atomic E-state index is 5.46. The molecule has 1 fully saturated rings. The van der Waals surface area contributed by atoms with E-state index in [1.54, 1.807) is 18.4 Å². The number of methoxy groups -OCH3 is 1. The summed E-state index contributed by atoms with van der Waals surface area (Å²) in [5.41, 5.74) is 3.10. The van der Waals surface area contributed by atoms with Gasteiger partial charge in [-0.25, -0.2) is 9.97 Å². The zero-order chi connectivity index (χ0) is 17.1. The number of rotatable bonds is 4. The lowest BCUT2D eigenvalue weighted by molar-refractivity contribution is 0.416. The number of para-hydroxylation sites is 1. The zero-order valence-corrected chi connectivity index (χ0v) is 15.1. The fraction of sp³-hybridized carbons (Fsp3) is 0.300. The number of pyridine rings is 1. The van der Waals surface area contributed by atoms with Crippen molar-refractivity contribution in [3.05, 3.63) is 48.0 Å². The maximum Gasteiger partial charge on any atom is 0.129 e. The van der Waals surface area contributed by atoms with Crippen LogP contribution in [0.5, 0.6) is 5.75 Å². The van der Waals surface area contributed by atoms with Crippen molar-refractivity contribution >= 4 is 17.2 Å². The first-order chi connectivity index (χ1) is 12.3. The highest BCUT2D eigenvalue weighted by Crippen LogP contribution is 2.34. The summed E-state index contributed by atoms with van der Waals surface area (Å²) in [5.74, 6) is 1.91. The Labute approximate surface area is 152 Å². The Morgan fingerprint density at radius 2 is 1.92 bits per heavy atom. The van der Waals surface area contributed by atoms with E-state index in [2.05, 4.69) is 21.3 Å². The standard InChI is InChI=1S/C20H21N3OS/c1-24-18-8-4-3-7-16(18)17-14-25-20(22-17)15-9-10-21-19(13-15)23-11-5-2-6-12-23/h3-4,7-10,13-14H,2,5-6,11-12H2,1H3. The molecule has 25 heavy (non-hydrogen) atoms. The molecular formula is C20H21N3OS. The van der Waals surface area contributed by atoms with Crippen LogP contribution in [0.4, 0.5) is 5.82 Å². The van der Waals surface area contributed by atoms with Gasteiger partial charge in [-0.3, -0.25) is 0 Å². The predicted octanol–water partition coefficient (Wildman–Crippen LogP) is 4.87. The molecule has 4 rings (SSSR count). The summed E-state index contributed by atoms with van der Waals surface area (Å²) in [7, 11) is 1.69. The van der Waals surface area contributed by atoms with Crippen LogP contribution in [0.25, 0.3) is 21.8 Å². The van der Waals surface area contributed by atoms with E-state index in [1.165, 1.54) is 19.3 Å². The molecule has 0 unspecified atom stereocenters. The van der Waals surface area contributed by atoms with Gasteiger partial charge in [0.05, 0.1) is 12.8 Å². The Bertz CT molecular complexity index is 855. The van der Waals surface area contributed by atoms with E-state index in [0.717, 1.165) is 46.5 Å². The van der Waals surface area contributed by atoms with Crippen molar-refractivity contribution < 1.29 is 4.74 Å². The van der Waals surface area contributed by atoms with Gasteiger partial charge in [0.25, 0.3) is 0 Å². The number of benzene rings is 1. The van der Waals surface area contributed by atoms with Gasteiger partial charge in [-0.05, 0) is 43.5 Å². The van der Waals surface area contributed by atoms with Crippen LogP contribution in [0.1, 0.15) is 19.3 Å². The highest BCUT2D eigenvalue weighted by molar-refractivity contribution is 7.13. The lowest BCUT2D eigenvalue weighted by Crippen LogP contribution is -2.30. The average Bonchev–Trinajstić information content (AvgIpc) is 3.19. The van der Waals surface area contributed by atoms with Crippen molar-refractivity contribution in [2.24, 2.45) is 0 Å². The van der Waals surface area contributed by atoms with Crippen LogP contribution in [0.15, 0.2) is 48.0 Å². The largest absolute Gasteiger partial charge is 0.496 e. The van der Waals surface area contributed by atoms with Gasteiger partial charge in [0.1, 0.15) is 16.6 Å². The van der Waals surface area contributed by atoms with E-state index in [0.29, 0.717) is 0 Å². The molecule has 0 amide bonds. The van der Waals surface area contributed by atoms with Crippen LogP contribution in [0, 0.1) is 0 Å². The minimum atomic E-state index is 0.850. The molecule has 3 heterocycles. The minimum Gasteiger partial charge on any atom is -0.496 e. The normalized spacial score (nSPS) is 14.5. The number of thiazole rings is 1. The van der Waals surface area contributed by atoms with Gasteiger partial charge in [0.15, 0.2) is 0 Å². The van der Waals surface area contributed by atoms with E-state index < -0.39 is 0 Å². The Hall–Kier alpha value is -2.40. The fourth-order valence-corrected chi connectivity index (χ4v) is 4.05.